The van der Waals surface area contributed by atoms with E-state index in [2.05, 4.69) is 0 Å². The van der Waals surface area contributed by atoms with Gasteiger partial charge < -0.3 is 15.2 Å². The zero-order chi connectivity index (χ0) is 12.4. The Labute approximate surface area is 107 Å². The van der Waals surface area contributed by atoms with Gasteiger partial charge in [-0.3, -0.25) is 0 Å². The lowest BCUT2D eigenvalue weighted by Gasteiger charge is -2.29. The lowest BCUT2D eigenvalue weighted by Crippen LogP contribution is -2.26. The van der Waals surface area contributed by atoms with Crippen LogP contribution >= 0.6 is 11.6 Å². The van der Waals surface area contributed by atoms with Crippen LogP contribution in [0.15, 0.2) is 12.1 Å². The van der Waals surface area contributed by atoms with E-state index in [9.17, 15) is 0 Å². The molecule has 1 saturated carbocycles. The molecule has 1 unspecified atom stereocenters. The van der Waals surface area contributed by atoms with Crippen molar-refractivity contribution in [2.24, 2.45) is 5.73 Å². The standard InChI is InChI=1S/C13H18ClNO2/c1-8(15)11-6-9(14)7-12(16-2)13(11)17-10-4-3-5-10/h6-8,10H,3-5,15H2,1-2H3. The molecular formula is C13H18ClNO2. The Morgan fingerprint density at radius 2 is 2.12 bits per heavy atom. The first-order chi connectivity index (χ1) is 8.11. The number of halogens is 1. The second-order valence-electron chi connectivity index (χ2n) is 4.49. The van der Waals surface area contributed by atoms with Crippen molar-refractivity contribution in [1.29, 1.82) is 0 Å². The van der Waals surface area contributed by atoms with Gasteiger partial charge in [-0.2, -0.15) is 0 Å². The quantitative estimate of drug-likeness (QED) is 0.898. The molecule has 0 bridgehead atoms. The lowest BCUT2D eigenvalue weighted by molar-refractivity contribution is 0.114. The van der Waals surface area contributed by atoms with E-state index in [1.165, 1.54) is 6.42 Å². The number of ether oxygens (including phenoxy) is 2. The average Bonchev–Trinajstić information content (AvgIpc) is 2.23. The Hall–Kier alpha value is -0.930. The SMILES string of the molecule is COc1cc(Cl)cc(C(C)N)c1OC1CCC1. The molecule has 1 fully saturated rings. The third-order valence-corrected chi connectivity index (χ3v) is 3.31. The van der Waals surface area contributed by atoms with Crippen molar-refractivity contribution >= 4 is 11.6 Å². The highest BCUT2D eigenvalue weighted by Gasteiger charge is 2.24. The fourth-order valence-corrected chi connectivity index (χ4v) is 2.08. The Morgan fingerprint density at radius 1 is 1.41 bits per heavy atom. The van der Waals surface area contributed by atoms with Crippen LogP contribution in [0.2, 0.25) is 5.02 Å². The first-order valence-corrected chi connectivity index (χ1v) is 6.29. The number of nitrogens with two attached hydrogens (primary N) is 1. The summed E-state index contributed by atoms with van der Waals surface area (Å²) in [6.07, 6.45) is 3.73. The molecular weight excluding hydrogens is 238 g/mol. The molecule has 1 aliphatic carbocycles. The van der Waals surface area contributed by atoms with Gasteiger partial charge in [-0.05, 0) is 32.3 Å². The van der Waals surface area contributed by atoms with Crippen LogP contribution in [0.1, 0.15) is 37.8 Å². The van der Waals surface area contributed by atoms with Crippen molar-refractivity contribution in [2.75, 3.05) is 7.11 Å². The highest BCUT2D eigenvalue weighted by Crippen LogP contribution is 2.39. The zero-order valence-electron chi connectivity index (χ0n) is 10.2. The molecule has 0 aromatic heterocycles. The van der Waals surface area contributed by atoms with Gasteiger partial charge in [0.2, 0.25) is 0 Å². The Bertz CT molecular complexity index is 403. The van der Waals surface area contributed by atoms with Gasteiger partial charge in [0.1, 0.15) is 0 Å². The van der Waals surface area contributed by atoms with Crippen LogP contribution in [-0.2, 0) is 0 Å². The van der Waals surface area contributed by atoms with Gasteiger partial charge in [0, 0.05) is 22.7 Å². The second kappa shape index (κ2) is 5.15. The summed E-state index contributed by atoms with van der Waals surface area (Å²) in [5.74, 6) is 1.41. The van der Waals surface area contributed by atoms with E-state index in [0.717, 1.165) is 24.2 Å². The molecule has 4 heteroatoms. The van der Waals surface area contributed by atoms with E-state index in [1.54, 1.807) is 13.2 Å². The van der Waals surface area contributed by atoms with Crippen LogP contribution < -0.4 is 15.2 Å². The van der Waals surface area contributed by atoms with E-state index >= 15 is 0 Å². The monoisotopic (exact) mass is 255 g/mol. The minimum atomic E-state index is -0.127. The second-order valence-corrected chi connectivity index (χ2v) is 4.92. The largest absolute Gasteiger partial charge is 0.493 e. The molecule has 3 nitrogen and oxygen atoms in total. The average molecular weight is 256 g/mol. The van der Waals surface area contributed by atoms with E-state index in [1.807, 2.05) is 13.0 Å². The minimum Gasteiger partial charge on any atom is -0.493 e. The maximum absolute atomic E-state index is 6.04. The first kappa shape index (κ1) is 12.5. The summed E-state index contributed by atoms with van der Waals surface area (Å²) in [6, 6.07) is 3.49. The summed E-state index contributed by atoms with van der Waals surface area (Å²) in [7, 11) is 1.62. The topological polar surface area (TPSA) is 44.5 Å². The number of methoxy groups -OCH3 is 1. The van der Waals surface area contributed by atoms with Crippen molar-refractivity contribution in [2.45, 2.75) is 38.3 Å². The van der Waals surface area contributed by atoms with Crippen LogP contribution in [0, 0.1) is 0 Å². The molecule has 94 valence electrons. The summed E-state index contributed by atoms with van der Waals surface area (Å²) in [6.45, 7) is 1.92. The van der Waals surface area contributed by atoms with E-state index in [0.29, 0.717) is 16.9 Å². The lowest BCUT2D eigenvalue weighted by atomic mass is 9.96. The van der Waals surface area contributed by atoms with Gasteiger partial charge in [0.25, 0.3) is 0 Å². The highest BCUT2D eigenvalue weighted by molar-refractivity contribution is 6.30. The van der Waals surface area contributed by atoms with Crippen LogP contribution in [-0.4, -0.2) is 13.2 Å². The Morgan fingerprint density at radius 3 is 2.59 bits per heavy atom. The summed E-state index contributed by atoms with van der Waals surface area (Å²) in [4.78, 5) is 0. The summed E-state index contributed by atoms with van der Waals surface area (Å²) in [5, 5.41) is 0.620. The molecule has 0 amide bonds. The number of rotatable bonds is 4. The van der Waals surface area contributed by atoms with Crippen molar-refractivity contribution in [3.63, 3.8) is 0 Å². The molecule has 0 radical (unpaired) electrons. The molecule has 0 heterocycles. The first-order valence-electron chi connectivity index (χ1n) is 5.91. The number of hydrogen-bond acceptors (Lipinski definition) is 3. The van der Waals surface area contributed by atoms with Gasteiger partial charge >= 0.3 is 0 Å². The molecule has 2 rings (SSSR count). The Kier molecular flexibility index (Phi) is 3.79. The maximum atomic E-state index is 6.04. The molecule has 0 spiro atoms. The molecule has 1 aromatic rings. The predicted octanol–water partition coefficient (Wildman–Crippen LogP) is 3.30. The number of hydrogen-bond donors (Lipinski definition) is 1. The normalized spacial score (nSPS) is 17.4. The Balaban J connectivity index is 2.36. The summed E-state index contributed by atoms with van der Waals surface area (Å²) >= 11 is 6.04. The van der Waals surface area contributed by atoms with E-state index in [4.69, 9.17) is 26.8 Å². The van der Waals surface area contributed by atoms with Gasteiger partial charge in [-0.25, -0.2) is 0 Å². The fraction of sp³-hybridized carbons (Fsp3) is 0.538. The highest BCUT2D eigenvalue weighted by atomic mass is 35.5. The molecule has 1 atom stereocenters. The van der Waals surface area contributed by atoms with E-state index in [-0.39, 0.29) is 6.04 Å². The number of benzene rings is 1. The fourth-order valence-electron chi connectivity index (χ4n) is 1.86. The van der Waals surface area contributed by atoms with E-state index < -0.39 is 0 Å². The predicted molar refractivity (Wildman–Crippen MR) is 68.9 cm³/mol. The summed E-state index contributed by atoms with van der Waals surface area (Å²) in [5.41, 5.74) is 6.85. The van der Waals surface area contributed by atoms with Crippen molar-refractivity contribution in [1.82, 2.24) is 0 Å². The van der Waals surface area contributed by atoms with Gasteiger partial charge in [0.05, 0.1) is 13.2 Å². The minimum absolute atomic E-state index is 0.127. The van der Waals surface area contributed by atoms with Gasteiger partial charge in [0.15, 0.2) is 11.5 Å². The van der Waals surface area contributed by atoms with Gasteiger partial charge in [-0.1, -0.05) is 11.6 Å². The van der Waals surface area contributed by atoms with Crippen molar-refractivity contribution in [3.05, 3.63) is 22.7 Å². The van der Waals surface area contributed by atoms with Crippen LogP contribution in [0.3, 0.4) is 0 Å². The van der Waals surface area contributed by atoms with Crippen molar-refractivity contribution < 1.29 is 9.47 Å². The smallest absolute Gasteiger partial charge is 0.166 e. The molecule has 17 heavy (non-hydrogen) atoms. The van der Waals surface area contributed by atoms with Crippen LogP contribution in [0.5, 0.6) is 11.5 Å². The van der Waals surface area contributed by atoms with Crippen molar-refractivity contribution in [3.8, 4) is 11.5 Å². The zero-order valence-corrected chi connectivity index (χ0v) is 11.0. The van der Waals surface area contributed by atoms with Crippen LogP contribution in [0.4, 0.5) is 0 Å². The third-order valence-electron chi connectivity index (χ3n) is 3.10. The summed E-state index contributed by atoms with van der Waals surface area (Å²) < 4.78 is 11.3. The molecule has 0 aliphatic heterocycles. The molecule has 2 N–H and O–H groups in total. The maximum Gasteiger partial charge on any atom is 0.166 e. The third kappa shape index (κ3) is 2.67. The molecule has 1 aromatic carbocycles. The van der Waals surface area contributed by atoms with Crippen LogP contribution in [0.25, 0.3) is 0 Å². The molecule has 0 saturated heterocycles. The van der Waals surface area contributed by atoms with Gasteiger partial charge in [-0.15, -0.1) is 0 Å². The molecule has 1 aliphatic rings.